The highest BCUT2D eigenvalue weighted by Gasteiger charge is 2.29. The Balaban J connectivity index is 1.50. The molecule has 1 fully saturated rings. The molecule has 0 bridgehead atoms. The Bertz CT molecular complexity index is 891. The van der Waals surface area contributed by atoms with Crippen LogP contribution in [0.2, 0.25) is 10.0 Å². The highest BCUT2D eigenvalue weighted by atomic mass is 35.5. The Morgan fingerprint density at radius 2 is 2.17 bits per heavy atom. The first kappa shape index (κ1) is 21.9. The smallest absolute Gasteiger partial charge is 0.317 e. The van der Waals surface area contributed by atoms with E-state index in [1.165, 1.54) is 10.4 Å². The highest BCUT2D eigenvalue weighted by molar-refractivity contribution is 7.10. The molecule has 2 atom stereocenters. The molecular weight excluding hydrogens is 441 g/mol. The SMILES string of the molecule is O=C(NCC(c1ccc(Cl)cc1Cl)N1CCc2sccc2C1)N1CCCC(CO)C1. The van der Waals surface area contributed by atoms with Gasteiger partial charge in [-0.2, -0.15) is 0 Å². The summed E-state index contributed by atoms with van der Waals surface area (Å²) in [5.41, 5.74) is 2.33. The predicted molar refractivity (Wildman–Crippen MR) is 122 cm³/mol. The van der Waals surface area contributed by atoms with Crippen molar-refractivity contribution in [1.82, 2.24) is 15.1 Å². The number of hydrogen-bond acceptors (Lipinski definition) is 4. The normalized spacial score (nSPS) is 20.6. The zero-order chi connectivity index (χ0) is 21.1. The third kappa shape index (κ3) is 4.94. The number of aliphatic hydroxyl groups excluding tert-OH is 1. The molecule has 0 aliphatic carbocycles. The number of fused-ring (bicyclic) bond motifs is 1. The molecule has 4 rings (SSSR count). The fraction of sp³-hybridized carbons (Fsp3) is 0.500. The number of benzene rings is 1. The lowest BCUT2D eigenvalue weighted by molar-refractivity contribution is 0.125. The fourth-order valence-electron chi connectivity index (χ4n) is 4.44. The van der Waals surface area contributed by atoms with Crippen molar-refractivity contribution < 1.29 is 9.90 Å². The lowest BCUT2D eigenvalue weighted by atomic mass is 9.99. The minimum atomic E-state index is -0.0727. The maximum atomic E-state index is 12.8. The molecule has 8 heteroatoms. The summed E-state index contributed by atoms with van der Waals surface area (Å²) in [7, 11) is 0. The van der Waals surface area contributed by atoms with Gasteiger partial charge < -0.3 is 15.3 Å². The molecule has 2 N–H and O–H groups in total. The Morgan fingerprint density at radius 1 is 1.30 bits per heavy atom. The van der Waals surface area contributed by atoms with Gasteiger partial charge >= 0.3 is 6.03 Å². The minimum absolute atomic E-state index is 0.0369. The summed E-state index contributed by atoms with van der Waals surface area (Å²) < 4.78 is 0. The van der Waals surface area contributed by atoms with E-state index in [-0.39, 0.29) is 24.6 Å². The van der Waals surface area contributed by atoms with Crippen molar-refractivity contribution in [3.05, 3.63) is 55.7 Å². The molecule has 2 aliphatic heterocycles. The van der Waals surface area contributed by atoms with Crippen LogP contribution in [0, 0.1) is 5.92 Å². The van der Waals surface area contributed by atoms with E-state index < -0.39 is 0 Å². The van der Waals surface area contributed by atoms with E-state index in [0.717, 1.165) is 44.5 Å². The van der Waals surface area contributed by atoms with Gasteiger partial charge in [0.05, 0.1) is 6.04 Å². The third-order valence-electron chi connectivity index (χ3n) is 6.11. The van der Waals surface area contributed by atoms with Crippen molar-refractivity contribution in [2.24, 2.45) is 5.92 Å². The van der Waals surface area contributed by atoms with Crippen LogP contribution >= 0.6 is 34.5 Å². The van der Waals surface area contributed by atoms with Gasteiger partial charge in [-0.25, -0.2) is 4.79 Å². The second-order valence-corrected chi connectivity index (χ2v) is 9.94. The van der Waals surface area contributed by atoms with Crippen molar-refractivity contribution in [2.45, 2.75) is 31.8 Å². The number of carbonyl (C=O) groups excluding carboxylic acids is 1. The largest absolute Gasteiger partial charge is 0.396 e. The summed E-state index contributed by atoms with van der Waals surface area (Å²) in [5, 5.41) is 16.0. The van der Waals surface area contributed by atoms with E-state index in [2.05, 4.69) is 21.7 Å². The fourth-order valence-corrected chi connectivity index (χ4v) is 5.86. The Kier molecular flexibility index (Phi) is 7.21. The van der Waals surface area contributed by atoms with Crippen LogP contribution in [-0.2, 0) is 13.0 Å². The monoisotopic (exact) mass is 467 g/mol. The standard InChI is InChI=1S/C22H27Cl2N3O2S/c23-17-3-4-18(19(24)10-17)20(26-8-5-21-16(13-26)6-9-30-21)11-25-22(29)27-7-1-2-15(12-27)14-28/h3-4,6,9-10,15,20,28H,1-2,5,7-8,11-14H2,(H,25,29). The molecule has 5 nitrogen and oxygen atoms in total. The molecule has 0 spiro atoms. The van der Waals surface area contributed by atoms with Crippen molar-refractivity contribution in [1.29, 1.82) is 0 Å². The maximum Gasteiger partial charge on any atom is 0.317 e. The van der Waals surface area contributed by atoms with E-state index in [4.69, 9.17) is 23.2 Å². The molecule has 0 radical (unpaired) electrons. The van der Waals surface area contributed by atoms with Gasteiger partial charge in [0.25, 0.3) is 0 Å². The van der Waals surface area contributed by atoms with Crippen molar-refractivity contribution >= 4 is 40.6 Å². The van der Waals surface area contributed by atoms with Crippen molar-refractivity contribution in [3.63, 3.8) is 0 Å². The predicted octanol–water partition coefficient (Wildman–Crippen LogP) is 4.57. The zero-order valence-electron chi connectivity index (χ0n) is 16.8. The third-order valence-corrected chi connectivity index (χ3v) is 7.70. The lowest BCUT2D eigenvalue weighted by Crippen LogP contribution is -2.48. The van der Waals surface area contributed by atoms with Gasteiger partial charge in [0.2, 0.25) is 0 Å². The van der Waals surface area contributed by atoms with E-state index in [1.54, 1.807) is 6.07 Å². The van der Waals surface area contributed by atoms with Gasteiger partial charge in [-0.1, -0.05) is 29.3 Å². The van der Waals surface area contributed by atoms with Gasteiger partial charge in [0, 0.05) is 54.3 Å². The van der Waals surface area contributed by atoms with Crippen molar-refractivity contribution in [2.75, 3.05) is 32.8 Å². The van der Waals surface area contributed by atoms with Crippen LogP contribution in [0.1, 0.15) is 34.9 Å². The second-order valence-electron chi connectivity index (χ2n) is 8.09. The number of piperidine rings is 1. The maximum absolute atomic E-state index is 12.8. The number of hydrogen-bond donors (Lipinski definition) is 2. The number of urea groups is 1. The molecule has 162 valence electrons. The average molecular weight is 468 g/mol. The van der Waals surface area contributed by atoms with Crippen LogP contribution in [0.25, 0.3) is 0 Å². The summed E-state index contributed by atoms with van der Waals surface area (Å²) in [6.45, 7) is 3.70. The summed E-state index contributed by atoms with van der Waals surface area (Å²) in [6, 6.07) is 7.67. The van der Waals surface area contributed by atoms with Crippen LogP contribution in [-0.4, -0.2) is 53.7 Å². The van der Waals surface area contributed by atoms with Gasteiger partial charge in [0.1, 0.15) is 0 Å². The molecule has 2 aromatic rings. The molecule has 3 heterocycles. The van der Waals surface area contributed by atoms with E-state index in [9.17, 15) is 9.90 Å². The molecule has 2 amide bonds. The van der Waals surface area contributed by atoms with E-state index in [0.29, 0.717) is 23.1 Å². The molecule has 0 saturated carbocycles. The number of nitrogens with zero attached hydrogens (tertiary/aromatic N) is 2. The lowest BCUT2D eigenvalue weighted by Gasteiger charge is -2.37. The Morgan fingerprint density at radius 3 is 2.97 bits per heavy atom. The quantitative estimate of drug-likeness (QED) is 0.676. The van der Waals surface area contributed by atoms with Crippen LogP contribution in [0.15, 0.2) is 29.6 Å². The van der Waals surface area contributed by atoms with Crippen LogP contribution < -0.4 is 5.32 Å². The van der Waals surface area contributed by atoms with E-state index in [1.807, 2.05) is 28.4 Å². The topological polar surface area (TPSA) is 55.8 Å². The number of thiophene rings is 1. The van der Waals surface area contributed by atoms with Crippen molar-refractivity contribution in [3.8, 4) is 0 Å². The molecular formula is C22H27Cl2N3O2S. The van der Waals surface area contributed by atoms with Crippen LogP contribution in [0.3, 0.4) is 0 Å². The van der Waals surface area contributed by atoms with Crippen LogP contribution in [0.4, 0.5) is 4.79 Å². The molecule has 2 unspecified atom stereocenters. The Labute approximate surface area is 191 Å². The zero-order valence-corrected chi connectivity index (χ0v) is 19.1. The average Bonchev–Trinajstić information content (AvgIpc) is 3.23. The van der Waals surface area contributed by atoms with Gasteiger partial charge in [-0.05, 0) is 59.9 Å². The summed E-state index contributed by atoms with van der Waals surface area (Å²) >= 11 is 14.5. The molecule has 1 saturated heterocycles. The van der Waals surface area contributed by atoms with Gasteiger partial charge in [-0.3, -0.25) is 4.90 Å². The van der Waals surface area contributed by atoms with Gasteiger partial charge in [0.15, 0.2) is 0 Å². The molecule has 2 aliphatic rings. The van der Waals surface area contributed by atoms with E-state index >= 15 is 0 Å². The number of amides is 2. The molecule has 30 heavy (non-hydrogen) atoms. The number of carbonyl (C=O) groups is 1. The molecule has 1 aromatic heterocycles. The number of likely N-dealkylation sites (tertiary alicyclic amines) is 1. The Hall–Kier alpha value is -1.31. The summed E-state index contributed by atoms with van der Waals surface area (Å²) in [5.74, 6) is 0.171. The number of aliphatic hydroxyl groups is 1. The van der Waals surface area contributed by atoms with Gasteiger partial charge in [-0.15, -0.1) is 11.3 Å². The summed E-state index contributed by atoms with van der Waals surface area (Å²) in [4.78, 5) is 18.5. The van der Waals surface area contributed by atoms with Crippen LogP contribution in [0.5, 0.6) is 0 Å². The molecule has 1 aromatic carbocycles. The number of rotatable bonds is 5. The first-order chi connectivity index (χ1) is 14.5. The minimum Gasteiger partial charge on any atom is -0.396 e. The number of nitrogens with one attached hydrogen (secondary N) is 1. The first-order valence-corrected chi connectivity index (χ1v) is 12.1. The highest BCUT2D eigenvalue weighted by Crippen LogP contribution is 2.34. The number of halogens is 2. The second kappa shape index (κ2) is 9.88. The summed E-state index contributed by atoms with van der Waals surface area (Å²) in [6.07, 6.45) is 2.91. The first-order valence-electron chi connectivity index (χ1n) is 10.4.